The number of methoxy groups -OCH3 is 1. The molecular weight excluding hydrogens is 466 g/mol. The molecule has 3 amide bonds. The van der Waals surface area contributed by atoms with Gasteiger partial charge in [0.25, 0.3) is 0 Å². The van der Waals surface area contributed by atoms with Gasteiger partial charge in [-0.25, -0.2) is 4.79 Å². The highest BCUT2D eigenvalue weighted by Crippen LogP contribution is 2.38. The molecule has 0 bridgehead atoms. The molecule has 1 N–H and O–H groups in total. The molecule has 0 aromatic heterocycles. The molecule has 1 fully saturated rings. The summed E-state index contributed by atoms with van der Waals surface area (Å²) < 4.78 is 11.6. The van der Waals surface area contributed by atoms with E-state index in [-0.39, 0.29) is 18.4 Å². The van der Waals surface area contributed by atoms with E-state index in [0.29, 0.717) is 49.3 Å². The van der Waals surface area contributed by atoms with Crippen molar-refractivity contribution in [2.24, 2.45) is 0 Å². The first-order chi connectivity index (χ1) is 17.0. The van der Waals surface area contributed by atoms with Gasteiger partial charge in [0.2, 0.25) is 5.91 Å². The molecule has 3 aromatic rings. The second kappa shape index (κ2) is 9.88. The average molecular weight is 492 g/mol. The fourth-order valence-electron chi connectivity index (χ4n) is 4.48. The summed E-state index contributed by atoms with van der Waals surface area (Å²) in [4.78, 5) is 28.6. The topological polar surface area (TPSA) is 71.1 Å². The summed E-state index contributed by atoms with van der Waals surface area (Å²) in [6.45, 7) is 2.57. The minimum absolute atomic E-state index is 0.0141. The van der Waals surface area contributed by atoms with Gasteiger partial charge < -0.3 is 19.7 Å². The lowest BCUT2D eigenvalue weighted by atomic mass is 10.0. The summed E-state index contributed by atoms with van der Waals surface area (Å²) in [6.07, 6.45) is 0.271. The summed E-state index contributed by atoms with van der Waals surface area (Å²) in [6, 6.07) is 19.1. The molecule has 2 aliphatic rings. The minimum atomic E-state index is -0.0929. The zero-order valence-electron chi connectivity index (χ0n) is 19.4. The van der Waals surface area contributed by atoms with Gasteiger partial charge in [0.1, 0.15) is 6.61 Å². The van der Waals surface area contributed by atoms with Gasteiger partial charge in [-0.2, -0.15) is 0 Å². The van der Waals surface area contributed by atoms with Crippen LogP contribution >= 0.6 is 11.6 Å². The van der Waals surface area contributed by atoms with Crippen LogP contribution < -0.4 is 19.7 Å². The van der Waals surface area contributed by atoms with Gasteiger partial charge in [0.15, 0.2) is 11.5 Å². The van der Waals surface area contributed by atoms with E-state index in [4.69, 9.17) is 21.1 Å². The third-order valence-electron chi connectivity index (χ3n) is 6.29. The van der Waals surface area contributed by atoms with Gasteiger partial charge in [-0.1, -0.05) is 35.9 Å². The summed E-state index contributed by atoms with van der Waals surface area (Å²) in [5, 5.41) is 3.45. The Hall–Kier alpha value is -3.71. The molecule has 0 aliphatic carbocycles. The van der Waals surface area contributed by atoms with Crippen LogP contribution in [0.3, 0.4) is 0 Å². The Labute approximate surface area is 209 Å². The molecule has 2 aliphatic heterocycles. The van der Waals surface area contributed by atoms with Gasteiger partial charge >= 0.3 is 6.03 Å². The van der Waals surface area contributed by atoms with E-state index < -0.39 is 0 Å². The number of carbonyl (C=O) groups is 2. The lowest BCUT2D eigenvalue weighted by Crippen LogP contribution is -2.33. The molecule has 8 heteroatoms. The number of amides is 3. The highest BCUT2D eigenvalue weighted by Gasteiger charge is 2.24. The van der Waals surface area contributed by atoms with Gasteiger partial charge in [-0.15, -0.1) is 0 Å². The molecule has 5 rings (SSSR count). The van der Waals surface area contributed by atoms with Crippen LogP contribution in [0.25, 0.3) is 11.1 Å². The molecule has 7 nitrogen and oxygen atoms in total. The Balaban J connectivity index is 1.35. The molecule has 35 heavy (non-hydrogen) atoms. The summed E-state index contributed by atoms with van der Waals surface area (Å²) in [5.74, 6) is 1.32. The highest BCUT2D eigenvalue weighted by atomic mass is 35.5. The Morgan fingerprint density at radius 3 is 2.63 bits per heavy atom. The highest BCUT2D eigenvalue weighted by molar-refractivity contribution is 6.30. The van der Waals surface area contributed by atoms with E-state index in [1.807, 2.05) is 65.6 Å². The van der Waals surface area contributed by atoms with Crippen LogP contribution in [0, 0.1) is 0 Å². The molecule has 3 aromatic carbocycles. The molecule has 0 saturated carbocycles. The number of hydrogen-bond acceptors (Lipinski definition) is 4. The molecule has 180 valence electrons. The Morgan fingerprint density at radius 2 is 1.91 bits per heavy atom. The van der Waals surface area contributed by atoms with Crippen LogP contribution in [0.4, 0.5) is 10.5 Å². The Kier molecular flexibility index (Phi) is 6.51. The van der Waals surface area contributed by atoms with Crippen molar-refractivity contribution in [2.45, 2.75) is 13.0 Å². The van der Waals surface area contributed by atoms with Crippen molar-refractivity contribution in [3.05, 3.63) is 76.8 Å². The van der Waals surface area contributed by atoms with Crippen LogP contribution in [0.2, 0.25) is 5.02 Å². The number of nitrogens with one attached hydrogen (secondary N) is 1. The van der Waals surface area contributed by atoms with Crippen molar-refractivity contribution in [3.8, 4) is 22.6 Å². The van der Waals surface area contributed by atoms with E-state index in [1.165, 1.54) is 0 Å². The number of halogens is 1. The van der Waals surface area contributed by atoms with Crippen molar-refractivity contribution >= 4 is 29.2 Å². The maximum atomic E-state index is 13.2. The maximum absolute atomic E-state index is 13.2. The first-order valence-corrected chi connectivity index (χ1v) is 11.9. The van der Waals surface area contributed by atoms with Crippen molar-refractivity contribution < 1.29 is 19.1 Å². The van der Waals surface area contributed by atoms with E-state index >= 15 is 0 Å². The zero-order valence-corrected chi connectivity index (χ0v) is 20.2. The quantitative estimate of drug-likeness (QED) is 0.570. The van der Waals surface area contributed by atoms with Crippen molar-refractivity contribution in [1.29, 1.82) is 0 Å². The van der Waals surface area contributed by atoms with Crippen LogP contribution in [-0.2, 0) is 17.8 Å². The SMILES string of the molecule is COc1cc(-c2cccc(Cl)c2)cc2c1OCCN(C(=O)Cc1ccc(N3CCNC3=O)cc1)C2. The predicted molar refractivity (Wildman–Crippen MR) is 135 cm³/mol. The van der Waals surface area contributed by atoms with E-state index in [1.54, 1.807) is 12.0 Å². The molecule has 0 spiro atoms. The molecule has 1 saturated heterocycles. The Bertz CT molecular complexity index is 1260. The number of ether oxygens (including phenoxy) is 2. The zero-order chi connectivity index (χ0) is 24.4. The fourth-order valence-corrected chi connectivity index (χ4v) is 4.67. The van der Waals surface area contributed by atoms with Crippen molar-refractivity contribution in [1.82, 2.24) is 10.2 Å². The summed E-state index contributed by atoms with van der Waals surface area (Å²) >= 11 is 6.20. The lowest BCUT2D eigenvalue weighted by Gasteiger charge is -2.21. The molecule has 0 radical (unpaired) electrons. The monoisotopic (exact) mass is 491 g/mol. The number of rotatable bonds is 5. The first-order valence-electron chi connectivity index (χ1n) is 11.5. The number of urea groups is 1. The Morgan fingerprint density at radius 1 is 1.09 bits per heavy atom. The van der Waals surface area contributed by atoms with Crippen LogP contribution in [0.1, 0.15) is 11.1 Å². The van der Waals surface area contributed by atoms with Crippen LogP contribution in [0.5, 0.6) is 11.5 Å². The third kappa shape index (κ3) is 4.91. The van der Waals surface area contributed by atoms with Gasteiger partial charge in [-0.05, 0) is 53.1 Å². The summed E-state index contributed by atoms with van der Waals surface area (Å²) in [5.41, 5.74) is 4.53. The van der Waals surface area contributed by atoms with Crippen LogP contribution in [0.15, 0.2) is 60.7 Å². The number of carbonyl (C=O) groups excluding carboxylic acids is 2. The van der Waals surface area contributed by atoms with Crippen molar-refractivity contribution in [2.75, 3.05) is 38.3 Å². The maximum Gasteiger partial charge on any atom is 0.321 e. The lowest BCUT2D eigenvalue weighted by molar-refractivity contribution is -0.131. The molecule has 0 unspecified atom stereocenters. The van der Waals surface area contributed by atoms with Crippen molar-refractivity contribution in [3.63, 3.8) is 0 Å². The normalized spacial score (nSPS) is 15.2. The largest absolute Gasteiger partial charge is 0.493 e. The molecule has 2 heterocycles. The first kappa shape index (κ1) is 23.1. The number of benzene rings is 3. The van der Waals surface area contributed by atoms with E-state index in [2.05, 4.69) is 5.32 Å². The van der Waals surface area contributed by atoms with Gasteiger partial charge in [0.05, 0.1) is 20.1 Å². The van der Waals surface area contributed by atoms with Gasteiger partial charge in [-0.3, -0.25) is 9.69 Å². The van der Waals surface area contributed by atoms with E-state index in [9.17, 15) is 9.59 Å². The second-order valence-electron chi connectivity index (χ2n) is 8.57. The minimum Gasteiger partial charge on any atom is -0.493 e. The number of anilines is 1. The number of nitrogens with zero attached hydrogens (tertiary/aromatic N) is 2. The number of hydrogen-bond donors (Lipinski definition) is 1. The van der Waals surface area contributed by atoms with E-state index in [0.717, 1.165) is 27.9 Å². The third-order valence-corrected chi connectivity index (χ3v) is 6.53. The second-order valence-corrected chi connectivity index (χ2v) is 9.00. The predicted octanol–water partition coefficient (Wildman–Crippen LogP) is 4.51. The standard InChI is InChI=1S/C27H26ClN3O4/c1-34-24-16-20(19-3-2-4-22(28)15-19)14-21-17-30(11-12-35-26(21)24)25(32)13-18-5-7-23(8-6-18)31-10-9-29-27(31)33/h2-8,14-16H,9-13,17H2,1H3,(H,29,33). The smallest absolute Gasteiger partial charge is 0.321 e. The molecular formula is C27H26ClN3O4. The molecule has 0 atom stereocenters. The fraction of sp³-hybridized carbons (Fsp3) is 0.259. The van der Waals surface area contributed by atoms with Gasteiger partial charge in [0, 0.05) is 35.9 Å². The van der Waals surface area contributed by atoms with Crippen LogP contribution in [-0.4, -0.2) is 50.2 Å². The average Bonchev–Trinajstić information content (AvgIpc) is 3.17. The summed E-state index contributed by atoms with van der Waals surface area (Å²) in [7, 11) is 1.62. The number of fused-ring (bicyclic) bond motifs is 1.